The van der Waals surface area contributed by atoms with Gasteiger partial charge in [0, 0.05) is 57.4 Å². The summed E-state index contributed by atoms with van der Waals surface area (Å²) in [5, 5.41) is 17.8. The Morgan fingerprint density at radius 1 is 1.08 bits per heavy atom. The molecule has 1 aliphatic carbocycles. The molecule has 38 heavy (non-hydrogen) atoms. The van der Waals surface area contributed by atoms with Crippen LogP contribution in [0.5, 0.6) is 5.75 Å². The molecule has 3 aliphatic heterocycles. The van der Waals surface area contributed by atoms with E-state index >= 15 is 0 Å². The molecule has 1 aromatic heterocycles. The summed E-state index contributed by atoms with van der Waals surface area (Å²) in [6.45, 7) is 2.33. The topological polar surface area (TPSA) is 109 Å². The third kappa shape index (κ3) is 5.04. The van der Waals surface area contributed by atoms with Gasteiger partial charge in [0.25, 0.3) is 5.91 Å². The van der Waals surface area contributed by atoms with Crippen LogP contribution in [-0.2, 0) is 16.6 Å². The van der Waals surface area contributed by atoms with Gasteiger partial charge in [-0.15, -0.1) is 0 Å². The van der Waals surface area contributed by atoms with Gasteiger partial charge in [-0.25, -0.2) is 0 Å². The molecule has 10 heteroatoms. The average Bonchev–Trinajstić information content (AvgIpc) is 3.33. The molecule has 2 aromatic rings. The lowest BCUT2D eigenvalue weighted by Gasteiger charge is -2.46. The number of aromatic nitrogens is 2. The van der Waals surface area contributed by atoms with Crippen LogP contribution in [0.2, 0.25) is 0 Å². The van der Waals surface area contributed by atoms with Crippen molar-refractivity contribution in [2.45, 2.75) is 68.9 Å². The maximum atomic E-state index is 14.0. The van der Waals surface area contributed by atoms with Gasteiger partial charge in [-0.3, -0.25) is 19.2 Å². The fourth-order valence-electron chi connectivity index (χ4n) is 6.04. The van der Waals surface area contributed by atoms with Crippen LogP contribution in [0.4, 0.5) is 0 Å². The summed E-state index contributed by atoms with van der Waals surface area (Å²) in [4.78, 5) is 31.6. The molecule has 2 bridgehead atoms. The lowest BCUT2D eigenvalue weighted by molar-refractivity contribution is -0.136. The Bertz CT molecular complexity index is 1180. The van der Waals surface area contributed by atoms with Crippen LogP contribution in [0.3, 0.4) is 0 Å². The van der Waals surface area contributed by atoms with Gasteiger partial charge in [0.15, 0.2) is 0 Å². The average molecular weight is 524 g/mol. The normalized spacial score (nSPS) is 29.4. The molecule has 4 aliphatic rings. The molecule has 3 fully saturated rings. The molecule has 0 radical (unpaired) electrons. The summed E-state index contributed by atoms with van der Waals surface area (Å²) in [7, 11) is 1.87. The number of fused-ring (bicyclic) bond motifs is 4. The highest BCUT2D eigenvalue weighted by atomic mass is 16.5. The second kappa shape index (κ2) is 10.7. The zero-order valence-electron chi connectivity index (χ0n) is 21.9. The fourth-order valence-corrected chi connectivity index (χ4v) is 6.04. The van der Waals surface area contributed by atoms with Crippen molar-refractivity contribution in [2.24, 2.45) is 7.05 Å². The molecule has 2 saturated heterocycles. The number of nitrogens with zero attached hydrogens (tertiary/aromatic N) is 4. The Morgan fingerprint density at radius 2 is 1.95 bits per heavy atom. The van der Waals surface area contributed by atoms with Crippen LogP contribution >= 0.6 is 0 Å². The largest absolute Gasteiger partial charge is 0.493 e. The summed E-state index contributed by atoms with van der Waals surface area (Å²) in [5.74, 6) is 0.105. The van der Waals surface area contributed by atoms with Gasteiger partial charge >= 0.3 is 0 Å². The van der Waals surface area contributed by atoms with Crippen LogP contribution in [0.25, 0.3) is 11.1 Å². The first kappa shape index (κ1) is 25.3. The summed E-state index contributed by atoms with van der Waals surface area (Å²) < 4.78 is 14.2. The van der Waals surface area contributed by atoms with Gasteiger partial charge in [0.05, 0.1) is 30.6 Å². The van der Waals surface area contributed by atoms with E-state index in [1.807, 2.05) is 31.4 Å². The molecular weight excluding hydrogens is 486 g/mol. The number of hydrogen-bond acceptors (Lipinski definition) is 7. The number of piperazine rings is 1. The molecule has 4 heterocycles. The van der Waals surface area contributed by atoms with Gasteiger partial charge in [-0.05, 0) is 43.4 Å². The molecule has 1 aromatic carbocycles. The third-order valence-electron chi connectivity index (χ3n) is 8.57. The van der Waals surface area contributed by atoms with Crippen molar-refractivity contribution in [3.05, 3.63) is 36.2 Å². The standard InChI is InChI=1S/C28H37N5O5/c1-31-16-19(14-30-31)18-5-7-22-25(13-18)37-12-9-21-6-8-24(34)26(38-21)15-29-27(35)23-17-32(20-3-2-4-20)10-11-33(23)28(22)36/h5,7,13-14,16,20-21,23-24,26,34H,2-4,6,8-12,15,17H2,1H3,(H,29,35)/t21-,23-,24-,26+/m0/s1. The molecule has 2 amide bonds. The smallest absolute Gasteiger partial charge is 0.258 e. The number of benzene rings is 1. The van der Waals surface area contributed by atoms with E-state index in [0.29, 0.717) is 49.9 Å². The Balaban J connectivity index is 1.33. The predicted octanol–water partition coefficient (Wildman–Crippen LogP) is 1.57. The zero-order valence-corrected chi connectivity index (χ0v) is 21.9. The molecule has 6 rings (SSSR count). The first-order valence-corrected chi connectivity index (χ1v) is 13.9. The highest BCUT2D eigenvalue weighted by Gasteiger charge is 2.40. The summed E-state index contributed by atoms with van der Waals surface area (Å²) in [5.41, 5.74) is 2.30. The van der Waals surface area contributed by atoms with Crippen molar-refractivity contribution >= 4 is 11.8 Å². The van der Waals surface area contributed by atoms with Crippen molar-refractivity contribution in [1.29, 1.82) is 0 Å². The van der Waals surface area contributed by atoms with E-state index in [0.717, 1.165) is 36.9 Å². The fraction of sp³-hybridized carbons (Fsp3) is 0.607. The number of rotatable bonds is 2. The van der Waals surface area contributed by atoms with E-state index in [9.17, 15) is 14.7 Å². The van der Waals surface area contributed by atoms with Crippen molar-refractivity contribution in [3.63, 3.8) is 0 Å². The minimum atomic E-state index is -0.626. The summed E-state index contributed by atoms with van der Waals surface area (Å²) in [6.07, 6.45) is 8.00. The molecule has 2 N–H and O–H groups in total. The first-order chi connectivity index (χ1) is 18.5. The van der Waals surface area contributed by atoms with E-state index in [-0.39, 0.29) is 24.5 Å². The maximum Gasteiger partial charge on any atom is 0.258 e. The number of ether oxygens (including phenoxy) is 2. The van der Waals surface area contributed by atoms with Crippen LogP contribution in [0.15, 0.2) is 30.6 Å². The molecule has 204 valence electrons. The summed E-state index contributed by atoms with van der Waals surface area (Å²) >= 11 is 0. The Hall–Kier alpha value is -2.95. The third-order valence-corrected chi connectivity index (χ3v) is 8.57. The van der Waals surface area contributed by atoms with Gasteiger partial charge in [-0.2, -0.15) is 5.10 Å². The predicted molar refractivity (Wildman–Crippen MR) is 140 cm³/mol. The minimum absolute atomic E-state index is 0.0795. The number of hydrogen-bond donors (Lipinski definition) is 2. The number of carbonyl (C=O) groups excluding carboxylic acids is 2. The molecule has 0 spiro atoms. The minimum Gasteiger partial charge on any atom is -0.493 e. The lowest BCUT2D eigenvalue weighted by Crippen LogP contribution is -2.63. The van der Waals surface area contributed by atoms with E-state index in [4.69, 9.17) is 9.47 Å². The number of aliphatic hydroxyl groups excluding tert-OH is 1. The Labute approximate surface area is 222 Å². The molecular formula is C28H37N5O5. The maximum absolute atomic E-state index is 14.0. The van der Waals surface area contributed by atoms with Crippen LogP contribution < -0.4 is 10.1 Å². The van der Waals surface area contributed by atoms with Crippen molar-refractivity contribution < 1.29 is 24.2 Å². The van der Waals surface area contributed by atoms with E-state index < -0.39 is 18.2 Å². The number of aryl methyl sites for hydroxylation is 1. The van der Waals surface area contributed by atoms with Crippen molar-refractivity contribution in [2.75, 3.05) is 32.8 Å². The highest BCUT2D eigenvalue weighted by Crippen LogP contribution is 2.32. The number of amides is 2. The quantitative estimate of drug-likeness (QED) is 0.615. The highest BCUT2D eigenvalue weighted by molar-refractivity contribution is 6.00. The van der Waals surface area contributed by atoms with Crippen molar-refractivity contribution in [1.82, 2.24) is 24.9 Å². The first-order valence-electron chi connectivity index (χ1n) is 13.9. The van der Waals surface area contributed by atoms with E-state index in [2.05, 4.69) is 15.3 Å². The van der Waals surface area contributed by atoms with Gasteiger partial charge in [0.1, 0.15) is 17.9 Å². The van der Waals surface area contributed by atoms with Gasteiger partial charge in [0.2, 0.25) is 5.91 Å². The SMILES string of the molecule is Cn1cc(-c2ccc3c(c2)OCC[C@@H]2CC[C@H](O)[C@@H](CNC(=O)[C@@H]4CN(C5CCC5)CCN4C3=O)O2)cn1. The van der Waals surface area contributed by atoms with Crippen LogP contribution in [-0.4, -0.2) is 99.7 Å². The summed E-state index contributed by atoms with van der Waals surface area (Å²) in [6, 6.07) is 5.47. The van der Waals surface area contributed by atoms with Gasteiger partial charge < -0.3 is 24.8 Å². The zero-order chi connectivity index (χ0) is 26.2. The number of carbonyl (C=O) groups is 2. The van der Waals surface area contributed by atoms with Crippen LogP contribution in [0.1, 0.15) is 48.9 Å². The molecule has 1 saturated carbocycles. The Morgan fingerprint density at radius 3 is 2.71 bits per heavy atom. The van der Waals surface area contributed by atoms with E-state index in [1.54, 1.807) is 15.8 Å². The molecule has 0 unspecified atom stereocenters. The molecule has 10 nitrogen and oxygen atoms in total. The van der Waals surface area contributed by atoms with Crippen LogP contribution in [0, 0.1) is 0 Å². The molecule has 4 atom stereocenters. The van der Waals surface area contributed by atoms with Crippen molar-refractivity contribution in [3.8, 4) is 16.9 Å². The lowest BCUT2D eigenvalue weighted by atomic mass is 9.90. The van der Waals surface area contributed by atoms with Gasteiger partial charge in [-0.1, -0.05) is 12.5 Å². The monoisotopic (exact) mass is 523 g/mol. The number of nitrogens with one attached hydrogen (secondary N) is 1. The second-order valence-electron chi connectivity index (χ2n) is 11.0. The number of aliphatic hydroxyl groups is 1. The van der Waals surface area contributed by atoms with E-state index in [1.165, 1.54) is 6.42 Å². The Kier molecular flexibility index (Phi) is 7.11. The second-order valence-corrected chi connectivity index (χ2v) is 11.0.